The van der Waals surface area contributed by atoms with E-state index in [-0.39, 0.29) is 16.8 Å². The number of hydrogen-bond donors (Lipinski definition) is 0. The monoisotopic (exact) mass is 374 g/mol. The molecule has 0 bridgehead atoms. The number of aryl methyl sites for hydroxylation is 2. The molecule has 6 heteroatoms. The van der Waals surface area contributed by atoms with Gasteiger partial charge in [0, 0.05) is 29.4 Å². The first-order chi connectivity index (χ1) is 12.0. The van der Waals surface area contributed by atoms with Crippen LogP contribution in [0.3, 0.4) is 0 Å². The van der Waals surface area contributed by atoms with Crippen molar-refractivity contribution >= 4 is 29.0 Å². The van der Waals surface area contributed by atoms with Crippen LogP contribution < -0.4 is 0 Å². The van der Waals surface area contributed by atoms with Crippen LogP contribution in [0.4, 0.5) is 0 Å². The molecule has 1 spiro atoms. The summed E-state index contributed by atoms with van der Waals surface area (Å²) in [4.78, 5) is 21.0. The number of carbonyl (C=O) groups is 1. The lowest BCUT2D eigenvalue weighted by Gasteiger charge is -2.47. The second kappa shape index (κ2) is 6.74. The van der Waals surface area contributed by atoms with Crippen molar-refractivity contribution in [2.24, 2.45) is 0 Å². The van der Waals surface area contributed by atoms with Crippen molar-refractivity contribution in [2.75, 3.05) is 18.8 Å². The molecule has 25 heavy (non-hydrogen) atoms. The summed E-state index contributed by atoms with van der Waals surface area (Å²) >= 11 is 3.55. The van der Waals surface area contributed by atoms with E-state index < -0.39 is 0 Å². The Morgan fingerprint density at radius 2 is 2.16 bits per heavy atom. The van der Waals surface area contributed by atoms with E-state index in [9.17, 15) is 4.79 Å². The maximum absolute atomic E-state index is 12.5. The van der Waals surface area contributed by atoms with Crippen LogP contribution in [0.15, 0.2) is 30.3 Å². The van der Waals surface area contributed by atoms with Gasteiger partial charge in [-0.1, -0.05) is 6.07 Å². The van der Waals surface area contributed by atoms with Crippen molar-refractivity contribution in [3.63, 3.8) is 0 Å². The summed E-state index contributed by atoms with van der Waals surface area (Å²) < 4.78 is 6.28. The number of aromatic nitrogens is 1. The largest absolute Gasteiger partial charge is 0.371 e. The second-order valence-corrected chi connectivity index (χ2v) is 9.75. The first-order valence-electron chi connectivity index (χ1n) is 8.57. The highest BCUT2D eigenvalue weighted by atomic mass is 32.2. The molecule has 0 saturated carbocycles. The molecule has 2 saturated heterocycles. The second-order valence-electron chi connectivity index (χ2n) is 6.97. The van der Waals surface area contributed by atoms with Crippen molar-refractivity contribution in [1.82, 2.24) is 9.88 Å². The fraction of sp³-hybridized carbons (Fsp3) is 0.474. The number of thiophene rings is 1. The van der Waals surface area contributed by atoms with Crippen molar-refractivity contribution in [2.45, 2.75) is 37.7 Å². The van der Waals surface area contributed by atoms with Gasteiger partial charge in [-0.3, -0.25) is 9.78 Å². The average Bonchev–Trinajstić information content (AvgIpc) is 3.18. The van der Waals surface area contributed by atoms with Gasteiger partial charge in [0.15, 0.2) is 0 Å². The number of amides is 1. The lowest BCUT2D eigenvalue weighted by Crippen LogP contribution is -2.60. The van der Waals surface area contributed by atoms with Gasteiger partial charge < -0.3 is 9.64 Å². The van der Waals surface area contributed by atoms with Crippen molar-refractivity contribution in [1.29, 1.82) is 0 Å². The molecular weight excluding hydrogens is 352 g/mol. The molecule has 0 radical (unpaired) electrons. The summed E-state index contributed by atoms with van der Waals surface area (Å²) in [6, 6.07) is 9.99. The maximum atomic E-state index is 12.5. The van der Waals surface area contributed by atoms with E-state index in [1.807, 2.05) is 60.8 Å². The highest BCUT2D eigenvalue weighted by Crippen LogP contribution is 2.46. The SMILES string of the molecule is Cc1cccc(CO[C@@H]2CSC3(C2)CN(C(=O)c2ccc(C)s2)C3)n1. The number of rotatable bonds is 4. The fourth-order valence-electron chi connectivity index (χ4n) is 3.51. The summed E-state index contributed by atoms with van der Waals surface area (Å²) in [5.74, 6) is 1.18. The van der Waals surface area contributed by atoms with Gasteiger partial charge in [-0.15, -0.1) is 23.1 Å². The Balaban J connectivity index is 1.28. The van der Waals surface area contributed by atoms with Gasteiger partial charge in [-0.25, -0.2) is 0 Å². The molecular formula is C19H22N2O2S2. The Bertz CT molecular complexity index is 783. The van der Waals surface area contributed by atoms with Crippen LogP contribution >= 0.6 is 23.1 Å². The maximum Gasteiger partial charge on any atom is 0.264 e. The summed E-state index contributed by atoms with van der Waals surface area (Å²) in [5, 5.41) is 0. The minimum absolute atomic E-state index is 0.178. The van der Waals surface area contributed by atoms with Crippen molar-refractivity contribution in [3.05, 3.63) is 51.5 Å². The van der Waals surface area contributed by atoms with Gasteiger partial charge >= 0.3 is 0 Å². The number of hydrogen-bond acceptors (Lipinski definition) is 5. The number of nitrogens with zero attached hydrogens (tertiary/aromatic N) is 2. The van der Waals surface area contributed by atoms with Crippen LogP contribution in [0.5, 0.6) is 0 Å². The van der Waals surface area contributed by atoms with E-state index in [1.54, 1.807) is 11.3 Å². The van der Waals surface area contributed by atoms with Crippen LogP contribution in [-0.2, 0) is 11.3 Å². The summed E-state index contributed by atoms with van der Waals surface area (Å²) in [7, 11) is 0. The van der Waals surface area contributed by atoms with E-state index in [0.29, 0.717) is 6.61 Å². The quantitative estimate of drug-likeness (QED) is 0.819. The molecule has 4 heterocycles. The Morgan fingerprint density at radius 1 is 1.32 bits per heavy atom. The number of pyridine rings is 1. The van der Waals surface area contributed by atoms with Gasteiger partial charge in [0.1, 0.15) is 0 Å². The molecule has 0 aromatic carbocycles. The third-order valence-electron chi connectivity index (χ3n) is 4.78. The van der Waals surface area contributed by atoms with E-state index >= 15 is 0 Å². The third-order valence-corrected chi connectivity index (χ3v) is 7.35. The summed E-state index contributed by atoms with van der Waals surface area (Å²) in [6.07, 6.45) is 1.28. The van der Waals surface area contributed by atoms with Gasteiger partial charge in [0.2, 0.25) is 0 Å². The molecule has 1 amide bonds. The highest BCUT2D eigenvalue weighted by Gasteiger charge is 2.51. The molecule has 2 aliphatic heterocycles. The smallest absolute Gasteiger partial charge is 0.264 e. The van der Waals surface area contributed by atoms with E-state index in [1.165, 1.54) is 4.88 Å². The molecule has 4 nitrogen and oxygen atoms in total. The first-order valence-corrected chi connectivity index (χ1v) is 10.4. The summed E-state index contributed by atoms with van der Waals surface area (Å²) in [5.41, 5.74) is 2.01. The molecule has 0 N–H and O–H groups in total. The number of likely N-dealkylation sites (tertiary alicyclic amines) is 1. The Labute approximate surface area is 156 Å². The zero-order valence-electron chi connectivity index (χ0n) is 14.5. The average molecular weight is 375 g/mol. The van der Waals surface area contributed by atoms with Crippen LogP contribution in [0.1, 0.15) is 32.4 Å². The summed E-state index contributed by atoms with van der Waals surface area (Å²) in [6.45, 7) is 6.29. The van der Waals surface area contributed by atoms with E-state index in [2.05, 4.69) is 4.98 Å². The van der Waals surface area contributed by atoms with Crippen LogP contribution in [0.25, 0.3) is 0 Å². The number of ether oxygens (including phenoxy) is 1. The van der Waals surface area contributed by atoms with Crippen LogP contribution in [-0.4, -0.2) is 45.5 Å². The normalized spacial score (nSPS) is 21.5. The standard InChI is InChI=1S/C19H22N2O2S2/c1-13-4-3-5-15(20-13)9-23-16-8-19(24-10-16)11-21(12-19)18(22)17-7-6-14(2)25-17/h3-7,16H,8-12H2,1-2H3/t16-/m0/s1. The van der Waals surface area contributed by atoms with Gasteiger partial charge in [0.05, 0.1) is 28.0 Å². The lowest BCUT2D eigenvalue weighted by molar-refractivity contribution is 0.0246. The zero-order valence-corrected chi connectivity index (χ0v) is 16.2. The highest BCUT2D eigenvalue weighted by molar-refractivity contribution is 8.01. The van der Waals surface area contributed by atoms with E-state index in [4.69, 9.17) is 4.74 Å². The number of thioether (sulfide) groups is 1. The molecule has 132 valence electrons. The van der Waals surface area contributed by atoms with Crippen molar-refractivity contribution in [3.8, 4) is 0 Å². The topological polar surface area (TPSA) is 42.4 Å². The molecule has 0 unspecified atom stereocenters. The zero-order chi connectivity index (χ0) is 17.4. The van der Waals surface area contributed by atoms with Gasteiger partial charge in [0.25, 0.3) is 5.91 Å². The third kappa shape index (κ3) is 3.61. The van der Waals surface area contributed by atoms with Gasteiger partial charge in [-0.05, 0) is 44.5 Å². The molecule has 0 aliphatic carbocycles. The first kappa shape index (κ1) is 17.1. The molecule has 2 aliphatic rings. The van der Waals surface area contributed by atoms with Gasteiger partial charge in [-0.2, -0.15) is 0 Å². The predicted octanol–water partition coefficient (Wildman–Crippen LogP) is 3.68. The van der Waals surface area contributed by atoms with Crippen molar-refractivity contribution < 1.29 is 9.53 Å². The lowest BCUT2D eigenvalue weighted by atomic mass is 9.92. The Kier molecular flexibility index (Phi) is 4.60. The van der Waals surface area contributed by atoms with E-state index in [0.717, 1.165) is 41.5 Å². The Hall–Kier alpha value is -1.37. The molecule has 2 aromatic rings. The Morgan fingerprint density at radius 3 is 2.88 bits per heavy atom. The van der Waals surface area contributed by atoms with Crippen LogP contribution in [0, 0.1) is 13.8 Å². The minimum Gasteiger partial charge on any atom is -0.371 e. The molecule has 1 atom stereocenters. The molecule has 4 rings (SSSR count). The number of carbonyl (C=O) groups excluding carboxylic acids is 1. The molecule has 2 aromatic heterocycles. The van der Waals surface area contributed by atoms with Crippen LogP contribution in [0.2, 0.25) is 0 Å². The fourth-order valence-corrected chi connectivity index (χ4v) is 5.90. The predicted molar refractivity (Wildman–Crippen MR) is 102 cm³/mol. The minimum atomic E-state index is 0.178. The molecule has 2 fully saturated rings.